The van der Waals surface area contributed by atoms with Gasteiger partial charge in [-0.15, -0.1) is 0 Å². The zero-order chi connectivity index (χ0) is 14.3. The van der Waals surface area contributed by atoms with Crippen LogP contribution in [0.4, 0.5) is 17.3 Å². The molecule has 102 valence electrons. The minimum atomic E-state index is 0.512. The molecular formula is C15H16N4O. The average molecular weight is 268 g/mol. The fraction of sp³-hybridized carbons (Fsp3) is 0.200. The molecular weight excluding hydrogens is 252 g/mol. The van der Waals surface area contributed by atoms with E-state index >= 15 is 0 Å². The van der Waals surface area contributed by atoms with Crippen LogP contribution < -0.4 is 11.1 Å². The number of nitrogen functional groups attached to an aromatic ring is 1. The Hall–Kier alpha value is -2.56. The van der Waals surface area contributed by atoms with Crippen molar-refractivity contribution in [2.45, 2.75) is 20.8 Å². The fourth-order valence-corrected chi connectivity index (χ4v) is 2.14. The molecule has 0 saturated carbocycles. The van der Waals surface area contributed by atoms with Crippen molar-refractivity contribution in [3.05, 3.63) is 41.3 Å². The van der Waals surface area contributed by atoms with E-state index in [9.17, 15) is 0 Å². The number of fused-ring (bicyclic) bond motifs is 1. The number of rotatable bonds is 2. The Labute approximate surface area is 116 Å². The molecule has 0 fully saturated rings. The standard InChI is InChI=1S/C15H16N4O/c1-8-4-5-11(16)7-13(8)18-15-17-10(3)12-6-9(2)20-14(12)19-15/h4-7H,16H2,1-3H3,(H,17,18,19). The first kappa shape index (κ1) is 12.5. The lowest BCUT2D eigenvalue weighted by Gasteiger charge is -2.09. The summed E-state index contributed by atoms with van der Waals surface area (Å²) < 4.78 is 5.57. The van der Waals surface area contributed by atoms with E-state index < -0.39 is 0 Å². The number of hydrogen-bond acceptors (Lipinski definition) is 5. The van der Waals surface area contributed by atoms with Crippen LogP contribution in [0.25, 0.3) is 11.1 Å². The molecule has 0 radical (unpaired) electrons. The maximum absolute atomic E-state index is 5.81. The van der Waals surface area contributed by atoms with Crippen LogP contribution in [-0.2, 0) is 0 Å². The number of nitrogens with one attached hydrogen (secondary N) is 1. The van der Waals surface area contributed by atoms with E-state index in [2.05, 4.69) is 15.3 Å². The topological polar surface area (TPSA) is 77.0 Å². The van der Waals surface area contributed by atoms with Crippen LogP contribution >= 0.6 is 0 Å². The second-order valence-electron chi connectivity index (χ2n) is 4.91. The Morgan fingerprint density at radius 3 is 2.70 bits per heavy atom. The van der Waals surface area contributed by atoms with Gasteiger partial charge in [0.1, 0.15) is 5.76 Å². The summed E-state index contributed by atoms with van der Waals surface area (Å²) in [4.78, 5) is 8.85. The van der Waals surface area contributed by atoms with Gasteiger partial charge in [-0.1, -0.05) is 6.07 Å². The van der Waals surface area contributed by atoms with Crippen LogP contribution in [0.2, 0.25) is 0 Å². The molecule has 2 heterocycles. The maximum atomic E-state index is 5.81. The molecule has 0 aliphatic carbocycles. The number of nitrogens with zero attached hydrogens (tertiary/aromatic N) is 2. The van der Waals surface area contributed by atoms with Crippen molar-refractivity contribution in [2.24, 2.45) is 0 Å². The smallest absolute Gasteiger partial charge is 0.231 e. The molecule has 20 heavy (non-hydrogen) atoms. The largest absolute Gasteiger partial charge is 0.443 e. The van der Waals surface area contributed by atoms with Crippen molar-refractivity contribution in [1.29, 1.82) is 0 Å². The molecule has 0 atom stereocenters. The molecule has 0 amide bonds. The molecule has 1 aromatic carbocycles. The molecule has 3 rings (SSSR count). The summed E-state index contributed by atoms with van der Waals surface area (Å²) in [6, 6.07) is 7.64. The van der Waals surface area contributed by atoms with Gasteiger partial charge in [0.25, 0.3) is 0 Å². The van der Waals surface area contributed by atoms with Crippen LogP contribution in [0, 0.1) is 20.8 Å². The predicted octanol–water partition coefficient (Wildman–Crippen LogP) is 3.47. The number of hydrogen-bond donors (Lipinski definition) is 2. The van der Waals surface area contributed by atoms with Crippen molar-refractivity contribution >= 4 is 28.4 Å². The molecule has 3 N–H and O–H groups in total. The van der Waals surface area contributed by atoms with Gasteiger partial charge in [-0.2, -0.15) is 4.98 Å². The number of nitrogens with two attached hydrogens (primary N) is 1. The normalized spacial score (nSPS) is 10.9. The van der Waals surface area contributed by atoms with Crippen LogP contribution in [0.15, 0.2) is 28.7 Å². The van der Waals surface area contributed by atoms with Gasteiger partial charge in [-0.05, 0) is 44.5 Å². The predicted molar refractivity (Wildman–Crippen MR) is 80.2 cm³/mol. The summed E-state index contributed by atoms with van der Waals surface area (Å²) in [7, 11) is 0. The zero-order valence-electron chi connectivity index (χ0n) is 11.7. The highest BCUT2D eigenvalue weighted by molar-refractivity contribution is 5.78. The Balaban J connectivity index is 2.04. The summed E-state index contributed by atoms with van der Waals surface area (Å²) in [5.41, 5.74) is 9.96. The van der Waals surface area contributed by atoms with Crippen molar-refractivity contribution in [2.75, 3.05) is 11.1 Å². The summed E-state index contributed by atoms with van der Waals surface area (Å²) in [6.45, 7) is 5.84. The van der Waals surface area contributed by atoms with E-state index in [4.69, 9.17) is 10.2 Å². The average Bonchev–Trinajstić information content (AvgIpc) is 2.75. The minimum absolute atomic E-state index is 0.512. The van der Waals surface area contributed by atoms with Gasteiger partial charge in [0.05, 0.1) is 11.1 Å². The van der Waals surface area contributed by atoms with Crippen LogP contribution in [0.3, 0.4) is 0 Å². The first-order valence-corrected chi connectivity index (χ1v) is 6.41. The van der Waals surface area contributed by atoms with Gasteiger partial charge < -0.3 is 15.5 Å². The van der Waals surface area contributed by atoms with Gasteiger partial charge in [-0.3, -0.25) is 0 Å². The zero-order valence-corrected chi connectivity index (χ0v) is 11.7. The minimum Gasteiger partial charge on any atom is -0.443 e. The van der Waals surface area contributed by atoms with Crippen molar-refractivity contribution < 1.29 is 4.42 Å². The molecule has 5 nitrogen and oxygen atoms in total. The number of anilines is 3. The summed E-state index contributed by atoms with van der Waals surface area (Å²) in [5, 5.41) is 4.14. The third kappa shape index (κ3) is 2.18. The SMILES string of the molecule is Cc1cc2c(C)nc(Nc3cc(N)ccc3C)nc2o1. The monoisotopic (exact) mass is 268 g/mol. The molecule has 0 unspecified atom stereocenters. The van der Waals surface area contributed by atoms with E-state index in [1.165, 1.54) is 0 Å². The lowest BCUT2D eigenvalue weighted by atomic mass is 10.2. The van der Waals surface area contributed by atoms with Crippen molar-refractivity contribution in [3.8, 4) is 0 Å². The molecule has 0 saturated heterocycles. The van der Waals surface area contributed by atoms with Gasteiger partial charge in [0.15, 0.2) is 0 Å². The van der Waals surface area contributed by atoms with Crippen LogP contribution in [0.1, 0.15) is 17.0 Å². The van der Waals surface area contributed by atoms with E-state index in [0.717, 1.165) is 28.1 Å². The highest BCUT2D eigenvalue weighted by Crippen LogP contribution is 2.25. The Kier molecular flexibility index (Phi) is 2.82. The first-order chi connectivity index (χ1) is 9.52. The number of aryl methyl sites for hydroxylation is 3. The molecule has 3 aromatic rings. The highest BCUT2D eigenvalue weighted by atomic mass is 16.3. The van der Waals surface area contributed by atoms with E-state index in [1.54, 1.807) is 0 Å². The second kappa shape index (κ2) is 4.52. The molecule has 0 bridgehead atoms. The third-order valence-electron chi connectivity index (χ3n) is 3.21. The first-order valence-electron chi connectivity index (χ1n) is 6.41. The number of furan rings is 1. The highest BCUT2D eigenvalue weighted by Gasteiger charge is 2.10. The Bertz CT molecular complexity index is 792. The van der Waals surface area contributed by atoms with E-state index in [1.807, 2.05) is 45.0 Å². The van der Waals surface area contributed by atoms with Crippen LogP contribution in [0.5, 0.6) is 0 Å². The Morgan fingerprint density at radius 1 is 1.10 bits per heavy atom. The van der Waals surface area contributed by atoms with Gasteiger partial charge in [0.2, 0.25) is 11.7 Å². The number of benzene rings is 1. The molecule has 0 aliphatic heterocycles. The van der Waals surface area contributed by atoms with Crippen molar-refractivity contribution in [3.63, 3.8) is 0 Å². The lowest BCUT2D eigenvalue weighted by Crippen LogP contribution is -2.00. The second-order valence-corrected chi connectivity index (χ2v) is 4.91. The Morgan fingerprint density at radius 2 is 1.90 bits per heavy atom. The van der Waals surface area contributed by atoms with Gasteiger partial charge >= 0.3 is 0 Å². The van der Waals surface area contributed by atoms with Gasteiger partial charge in [0, 0.05) is 11.4 Å². The van der Waals surface area contributed by atoms with E-state index in [0.29, 0.717) is 17.3 Å². The third-order valence-corrected chi connectivity index (χ3v) is 3.21. The summed E-state index contributed by atoms with van der Waals surface area (Å²) in [6.07, 6.45) is 0. The molecule has 0 spiro atoms. The summed E-state index contributed by atoms with van der Waals surface area (Å²) >= 11 is 0. The molecule has 2 aromatic heterocycles. The van der Waals surface area contributed by atoms with E-state index in [-0.39, 0.29) is 0 Å². The molecule has 5 heteroatoms. The quantitative estimate of drug-likeness (QED) is 0.696. The van der Waals surface area contributed by atoms with Crippen LogP contribution in [-0.4, -0.2) is 9.97 Å². The lowest BCUT2D eigenvalue weighted by molar-refractivity contribution is 0.567. The van der Waals surface area contributed by atoms with Crippen molar-refractivity contribution in [1.82, 2.24) is 9.97 Å². The fourth-order valence-electron chi connectivity index (χ4n) is 2.14. The summed E-state index contributed by atoms with van der Waals surface area (Å²) in [5.74, 6) is 1.34. The maximum Gasteiger partial charge on any atom is 0.231 e. The number of aromatic nitrogens is 2. The van der Waals surface area contributed by atoms with Gasteiger partial charge in [-0.25, -0.2) is 4.98 Å². The molecule has 0 aliphatic rings.